The molecule has 1 amide bonds. The van der Waals surface area contributed by atoms with Crippen molar-refractivity contribution in [2.45, 2.75) is 0 Å². The van der Waals surface area contributed by atoms with Gasteiger partial charge < -0.3 is 24.9 Å². The summed E-state index contributed by atoms with van der Waals surface area (Å²) in [4.78, 5) is 15.6. The highest BCUT2D eigenvalue weighted by atomic mass is 16.5. The van der Waals surface area contributed by atoms with E-state index in [9.17, 15) is 4.79 Å². The zero-order chi connectivity index (χ0) is 13.8. The van der Waals surface area contributed by atoms with Gasteiger partial charge in [-0.3, -0.25) is 4.79 Å². The Morgan fingerprint density at radius 3 is 2.74 bits per heavy atom. The molecule has 2 rings (SSSR count). The zero-order valence-corrected chi connectivity index (χ0v) is 10.5. The van der Waals surface area contributed by atoms with Crippen LogP contribution >= 0.6 is 0 Å². The molecule has 0 aliphatic heterocycles. The average molecular weight is 263 g/mol. The van der Waals surface area contributed by atoms with Crippen LogP contribution in [0.15, 0.2) is 28.9 Å². The lowest BCUT2D eigenvalue weighted by atomic mass is 10.2. The van der Waals surface area contributed by atoms with E-state index in [1.54, 1.807) is 18.2 Å². The van der Waals surface area contributed by atoms with Crippen LogP contribution in [0.25, 0.3) is 0 Å². The molecule has 0 unspecified atom stereocenters. The Morgan fingerprint density at radius 2 is 2.16 bits per heavy atom. The molecule has 1 aromatic heterocycles. The van der Waals surface area contributed by atoms with Gasteiger partial charge in [0, 0.05) is 6.07 Å². The van der Waals surface area contributed by atoms with E-state index in [-0.39, 0.29) is 11.7 Å². The number of oxazole rings is 1. The van der Waals surface area contributed by atoms with Gasteiger partial charge in [0.15, 0.2) is 5.69 Å². The number of hydrogen-bond donors (Lipinski definition) is 2. The van der Waals surface area contributed by atoms with Gasteiger partial charge in [-0.05, 0) is 12.1 Å². The average Bonchev–Trinajstić information content (AvgIpc) is 2.85. The van der Waals surface area contributed by atoms with Gasteiger partial charge in [-0.2, -0.15) is 4.98 Å². The highest BCUT2D eigenvalue weighted by molar-refractivity contribution is 6.03. The molecular formula is C12H13N3O4. The number of nitrogens with one attached hydrogen (secondary N) is 1. The molecule has 7 heteroatoms. The Kier molecular flexibility index (Phi) is 3.56. The number of benzene rings is 1. The van der Waals surface area contributed by atoms with Crippen molar-refractivity contribution in [3.63, 3.8) is 0 Å². The summed E-state index contributed by atoms with van der Waals surface area (Å²) in [5, 5.41) is 2.64. The molecule has 0 aliphatic carbocycles. The molecular weight excluding hydrogens is 250 g/mol. The molecule has 1 heterocycles. The molecule has 0 saturated heterocycles. The van der Waals surface area contributed by atoms with Crippen LogP contribution in [0.2, 0.25) is 0 Å². The van der Waals surface area contributed by atoms with Gasteiger partial charge in [-0.25, -0.2) is 0 Å². The summed E-state index contributed by atoms with van der Waals surface area (Å²) in [5.41, 5.74) is 5.86. The van der Waals surface area contributed by atoms with Crippen LogP contribution in [-0.2, 0) is 0 Å². The second-order valence-electron chi connectivity index (χ2n) is 3.59. The summed E-state index contributed by atoms with van der Waals surface area (Å²) in [6.07, 6.45) is 1.18. The number of nitrogens with zero attached hydrogens (tertiary/aromatic N) is 1. The fourth-order valence-corrected chi connectivity index (χ4v) is 1.49. The number of methoxy groups -OCH3 is 2. The fraction of sp³-hybridized carbons (Fsp3) is 0.167. The molecule has 0 saturated carbocycles. The number of nitrogen functional groups attached to an aromatic ring is 1. The van der Waals surface area contributed by atoms with E-state index in [0.717, 1.165) is 0 Å². The number of carbonyl (C=O) groups is 1. The standard InChI is InChI=1S/C12H13N3O4/c1-17-7-3-4-10(18-2)8(5-7)14-11(16)9-6-19-12(13)15-9/h3-6H,1-2H3,(H2,13,15)(H,14,16). The van der Waals surface area contributed by atoms with Gasteiger partial charge in [0.05, 0.1) is 19.9 Å². The molecule has 100 valence electrons. The number of carbonyl (C=O) groups excluding carboxylic acids is 1. The summed E-state index contributed by atoms with van der Waals surface area (Å²) in [7, 11) is 3.04. The SMILES string of the molecule is COc1ccc(OC)c(NC(=O)c2coc(N)n2)c1. The first-order valence-electron chi connectivity index (χ1n) is 5.38. The normalized spacial score (nSPS) is 10.0. The quantitative estimate of drug-likeness (QED) is 0.867. The lowest BCUT2D eigenvalue weighted by Gasteiger charge is -2.10. The van der Waals surface area contributed by atoms with Gasteiger partial charge in [-0.1, -0.05) is 0 Å². The van der Waals surface area contributed by atoms with Crippen molar-refractivity contribution in [3.8, 4) is 11.5 Å². The van der Waals surface area contributed by atoms with Crippen LogP contribution in [0.4, 0.5) is 11.7 Å². The van der Waals surface area contributed by atoms with Crippen LogP contribution < -0.4 is 20.5 Å². The summed E-state index contributed by atoms with van der Waals surface area (Å²) in [6, 6.07) is 4.98. The highest BCUT2D eigenvalue weighted by Gasteiger charge is 2.14. The minimum absolute atomic E-state index is 0.0669. The molecule has 1 aromatic carbocycles. The lowest BCUT2D eigenvalue weighted by Crippen LogP contribution is -2.13. The van der Waals surface area contributed by atoms with Crippen LogP contribution in [0.1, 0.15) is 10.5 Å². The first kappa shape index (κ1) is 12.7. The molecule has 0 fully saturated rings. The van der Waals surface area contributed by atoms with E-state index in [1.165, 1.54) is 20.5 Å². The second kappa shape index (κ2) is 5.30. The maximum Gasteiger partial charge on any atom is 0.292 e. The first-order chi connectivity index (χ1) is 9.13. The zero-order valence-electron chi connectivity index (χ0n) is 10.5. The van der Waals surface area contributed by atoms with Gasteiger partial charge >= 0.3 is 0 Å². The molecule has 0 spiro atoms. The minimum atomic E-state index is -0.452. The Morgan fingerprint density at radius 1 is 1.37 bits per heavy atom. The van der Waals surface area contributed by atoms with Gasteiger partial charge in [0.25, 0.3) is 11.9 Å². The first-order valence-corrected chi connectivity index (χ1v) is 5.38. The van der Waals surface area contributed by atoms with Gasteiger partial charge in [0.2, 0.25) is 0 Å². The van der Waals surface area contributed by atoms with Crippen LogP contribution in [-0.4, -0.2) is 25.1 Å². The van der Waals surface area contributed by atoms with Gasteiger partial charge in [-0.15, -0.1) is 0 Å². The molecule has 0 atom stereocenters. The topological polar surface area (TPSA) is 99.6 Å². The van der Waals surface area contributed by atoms with Gasteiger partial charge in [0.1, 0.15) is 17.8 Å². The van der Waals surface area contributed by atoms with Crippen LogP contribution in [0, 0.1) is 0 Å². The maximum atomic E-state index is 11.9. The molecule has 0 radical (unpaired) electrons. The number of rotatable bonds is 4. The second-order valence-corrected chi connectivity index (χ2v) is 3.59. The summed E-state index contributed by atoms with van der Waals surface area (Å²) in [5.74, 6) is 0.647. The maximum absolute atomic E-state index is 11.9. The fourth-order valence-electron chi connectivity index (χ4n) is 1.49. The number of amides is 1. The number of nitrogens with two attached hydrogens (primary N) is 1. The third-order valence-electron chi connectivity index (χ3n) is 2.41. The van der Waals surface area contributed by atoms with Crippen LogP contribution in [0.5, 0.6) is 11.5 Å². The molecule has 2 aromatic rings. The third kappa shape index (κ3) is 2.76. The molecule has 0 bridgehead atoms. The van der Waals surface area contributed by atoms with E-state index in [1.807, 2.05) is 0 Å². The van der Waals surface area contributed by atoms with E-state index in [0.29, 0.717) is 17.2 Å². The number of hydrogen-bond acceptors (Lipinski definition) is 6. The van der Waals surface area contributed by atoms with Crippen molar-refractivity contribution in [1.29, 1.82) is 0 Å². The summed E-state index contributed by atoms with van der Waals surface area (Å²) >= 11 is 0. The minimum Gasteiger partial charge on any atom is -0.497 e. The molecule has 3 N–H and O–H groups in total. The lowest BCUT2D eigenvalue weighted by molar-refractivity contribution is 0.102. The number of anilines is 2. The monoisotopic (exact) mass is 263 g/mol. The van der Waals surface area contributed by atoms with E-state index in [2.05, 4.69) is 10.3 Å². The Hall–Kier alpha value is -2.70. The largest absolute Gasteiger partial charge is 0.497 e. The van der Waals surface area contributed by atoms with Crippen molar-refractivity contribution >= 4 is 17.6 Å². The van der Waals surface area contributed by atoms with Crippen molar-refractivity contribution in [2.75, 3.05) is 25.3 Å². The molecule has 19 heavy (non-hydrogen) atoms. The van der Waals surface area contributed by atoms with Crippen LogP contribution in [0.3, 0.4) is 0 Å². The molecule has 7 nitrogen and oxygen atoms in total. The predicted octanol–water partition coefficient (Wildman–Crippen LogP) is 1.53. The van der Waals surface area contributed by atoms with Crippen molar-refractivity contribution in [2.24, 2.45) is 0 Å². The number of aromatic nitrogens is 1. The Balaban J connectivity index is 2.24. The highest BCUT2D eigenvalue weighted by Crippen LogP contribution is 2.29. The Labute approximate surface area is 109 Å². The summed E-state index contributed by atoms with van der Waals surface area (Å²) in [6.45, 7) is 0. The van der Waals surface area contributed by atoms with E-state index < -0.39 is 5.91 Å². The van der Waals surface area contributed by atoms with E-state index >= 15 is 0 Å². The van der Waals surface area contributed by atoms with Crippen molar-refractivity contribution in [3.05, 3.63) is 30.2 Å². The smallest absolute Gasteiger partial charge is 0.292 e. The molecule has 0 aliphatic rings. The predicted molar refractivity (Wildman–Crippen MR) is 68.4 cm³/mol. The summed E-state index contributed by atoms with van der Waals surface area (Å²) < 4.78 is 15.0. The third-order valence-corrected chi connectivity index (χ3v) is 2.41. The number of ether oxygens (including phenoxy) is 2. The van der Waals surface area contributed by atoms with E-state index in [4.69, 9.17) is 19.6 Å². The van der Waals surface area contributed by atoms with Crippen molar-refractivity contribution in [1.82, 2.24) is 4.98 Å². The Bertz CT molecular complexity index is 594. The van der Waals surface area contributed by atoms with Crippen molar-refractivity contribution < 1.29 is 18.7 Å².